The van der Waals surface area contributed by atoms with Gasteiger partial charge in [-0.15, -0.1) is 0 Å². The summed E-state index contributed by atoms with van der Waals surface area (Å²) in [6.45, 7) is 2.11. The van der Waals surface area contributed by atoms with Crippen molar-refractivity contribution in [2.24, 2.45) is 0 Å². The van der Waals surface area contributed by atoms with Gasteiger partial charge >= 0.3 is 0 Å². The van der Waals surface area contributed by atoms with Crippen molar-refractivity contribution in [1.82, 2.24) is 5.32 Å². The number of benzene rings is 3. The van der Waals surface area contributed by atoms with Gasteiger partial charge in [0.1, 0.15) is 5.75 Å². The molecule has 5 rings (SSSR count). The molecule has 0 fully saturated rings. The summed E-state index contributed by atoms with van der Waals surface area (Å²) in [6, 6.07) is 20.6. The number of nitrogens with zero attached hydrogens (tertiary/aromatic N) is 1. The Balaban J connectivity index is 1.25. The Morgan fingerprint density at radius 1 is 1.03 bits per heavy atom. The minimum atomic E-state index is -3.67. The molecule has 1 amide bonds. The lowest BCUT2D eigenvalue weighted by Gasteiger charge is -2.26. The largest absolute Gasteiger partial charge is 0.484 e. The molecule has 0 spiro atoms. The van der Waals surface area contributed by atoms with Crippen molar-refractivity contribution < 1.29 is 17.9 Å². The van der Waals surface area contributed by atoms with Crippen molar-refractivity contribution in [2.75, 3.05) is 17.5 Å². The zero-order valence-electron chi connectivity index (χ0n) is 19.2. The van der Waals surface area contributed by atoms with Gasteiger partial charge in [0, 0.05) is 6.54 Å². The molecular formula is C27H28N2O4S. The number of hydrogen-bond donors (Lipinski definition) is 1. The maximum Gasteiger partial charge on any atom is 0.264 e. The minimum absolute atomic E-state index is 0.00185. The van der Waals surface area contributed by atoms with Crippen molar-refractivity contribution in [3.63, 3.8) is 0 Å². The molecule has 2 aliphatic rings. The molecule has 0 radical (unpaired) electrons. The van der Waals surface area contributed by atoms with Crippen LogP contribution in [-0.2, 0) is 27.7 Å². The fourth-order valence-corrected chi connectivity index (χ4v) is 6.50. The van der Waals surface area contributed by atoms with Gasteiger partial charge in [0.05, 0.1) is 16.6 Å². The maximum atomic E-state index is 13.3. The van der Waals surface area contributed by atoms with E-state index >= 15 is 0 Å². The highest BCUT2D eigenvalue weighted by Crippen LogP contribution is 2.34. The molecule has 1 aliphatic carbocycles. The summed E-state index contributed by atoms with van der Waals surface area (Å²) < 4.78 is 33.8. The average Bonchev–Trinajstić information content (AvgIpc) is 3.29. The molecule has 3 aromatic rings. The van der Waals surface area contributed by atoms with Crippen LogP contribution in [0.1, 0.15) is 41.1 Å². The summed E-state index contributed by atoms with van der Waals surface area (Å²) in [7, 11) is -3.67. The fourth-order valence-electron chi connectivity index (χ4n) is 4.91. The molecule has 176 valence electrons. The summed E-state index contributed by atoms with van der Waals surface area (Å²) in [4.78, 5) is 12.8. The first-order chi connectivity index (χ1) is 16.4. The smallest absolute Gasteiger partial charge is 0.264 e. The van der Waals surface area contributed by atoms with Gasteiger partial charge in [0.2, 0.25) is 0 Å². The van der Waals surface area contributed by atoms with E-state index in [2.05, 4.69) is 17.4 Å². The quantitative estimate of drug-likeness (QED) is 0.575. The predicted octanol–water partition coefficient (Wildman–Crippen LogP) is 4.32. The van der Waals surface area contributed by atoms with Crippen molar-refractivity contribution in [2.45, 2.75) is 43.5 Å². The highest BCUT2D eigenvalue weighted by atomic mass is 32.2. The number of fused-ring (bicyclic) bond motifs is 2. The van der Waals surface area contributed by atoms with E-state index in [1.165, 1.54) is 15.4 Å². The van der Waals surface area contributed by atoms with E-state index < -0.39 is 10.0 Å². The zero-order chi connectivity index (χ0) is 23.7. The highest BCUT2D eigenvalue weighted by Gasteiger charge is 2.31. The molecule has 7 heteroatoms. The lowest BCUT2D eigenvalue weighted by molar-refractivity contribution is -0.124. The molecule has 0 saturated carbocycles. The molecular weight excluding hydrogens is 448 g/mol. The number of carbonyl (C=O) groups is 1. The second-order valence-corrected chi connectivity index (χ2v) is 10.7. The molecule has 34 heavy (non-hydrogen) atoms. The summed E-state index contributed by atoms with van der Waals surface area (Å²) in [5.41, 5.74) is 4.91. The van der Waals surface area contributed by atoms with E-state index in [9.17, 15) is 13.2 Å². The average molecular weight is 477 g/mol. The monoisotopic (exact) mass is 476 g/mol. The summed E-state index contributed by atoms with van der Waals surface area (Å²) in [5, 5.41) is 3.08. The Bertz CT molecular complexity index is 1340. The standard InChI is InChI=1S/C27H28N2O4S/c1-19-17-22(34(31,32)29-16-15-21-8-3-5-12-25(21)29)13-14-26(19)33-18-27(30)28-24-11-6-9-20-7-2-4-10-23(20)24/h2-5,7-8,10,12-14,17,24H,6,9,11,15-16,18H2,1H3,(H,28,30)/t24-/m1/s1. The van der Waals surface area contributed by atoms with Crippen LogP contribution in [0.3, 0.4) is 0 Å². The van der Waals surface area contributed by atoms with Gasteiger partial charge < -0.3 is 10.1 Å². The lowest BCUT2D eigenvalue weighted by Crippen LogP contribution is -2.34. The van der Waals surface area contributed by atoms with E-state index in [1.807, 2.05) is 36.4 Å². The molecule has 0 unspecified atom stereocenters. The fraction of sp³-hybridized carbons (Fsp3) is 0.296. The van der Waals surface area contributed by atoms with Gasteiger partial charge in [-0.25, -0.2) is 8.42 Å². The molecule has 3 aromatic carbocycles. The number of sulfonamides is 1. The number of para-hydroxylation sites is 1. The lowest BCUT2D eigenvalue weighted by atomic mass is 9.88. The number of amides is 1. The molecule has 0 bridgehead atoms. The third kappa shape index (κ3) is 4.28. The van der Waals surface area contributed by atoms with E-state index in [0.717, 1.165) is 30.5 Å². The molecule has 1 N–H and O–H groups in total. The SMILES string of the molecule is Cc1cc(S(=O)(=O)N2CCc3ccccc32)ccc1OCC(=O)N[C@@H]1CCCc2ccccc21. The van der Waals surface area contributed by atoms with Gasteiger partial charge in [-0.2, -0.15) is 0 Å². The van der Waals surface area contributed by atoms with Crippen molar-refractivity contribution in [3.8, 4) is 5.75 Å². The van der Waals surface area contributed by atoms with Crippen LogP contribution in [0, 0.1) is 6.92 Å². The molecule has 1 atom stereocenters. The van der Waals surface area contributed by atoms with Crippen LogP contribution in [-0.4, -0.2) is 27.5 Å². The molecule has 1 heterocycles. The Labute approximate surface area is 200 Å². The Morgan fingerprint density at radius 2 is 1.79 bits per heavy atom. The van der Waals surface area contributed by atoms with Crippen molar-refractivity contribution in [3.05, 3.63) is 89.0 Å². The number of nitrogens with one attached hydrogen (secondary N) is 1. The van der Waals surface area contributed by atoms with Gasteiger partial charge in [0.15, 0.2) is 6.61 Å². The van der Waals surface area contributed by atoms with Gasteiger partial charge in [-0.1, -0.05) is 42.5 Å². The summed E-state index contributed by atoms with van der Waals surface area (Å²) in [5.74, 6) is 0.312. The Kier molecular flexibility index (Phi) is 6.04. The Morgan fingerprint density at radius 3 is 2.62 bits per heavy atom. The topological polar surface area (TPSA) is 75.7 Å². The second kappa shape index (κ2) is 9.14. The Hall–Kier alpha value is -3.32. The predicted molar refractivity (Wildman–Crippen MR) is 132 cm³/mol. The third-order valence-corrected chi connectivity index (χ3v) is 8.45. The second-order valence-electron chi connectivity index (χ2n) is 8.88. The first-order valence-corrected chi connectivity index (χ1v) is 13.1. The zero-order valence-corrected chi connectivity index (χ0v) is 20.0. The van der Waals surface area contributed by atoms with Crippen molar-refractivity contribution in [1.29, 1.82) is 0 Å². The van der Waals surface area contributed by atoms with Crippen LogP contribution < -0.4 is 14.4 Å². The van der Waals surface area contributed by atoms with Crippen LogP contribution in [0.2, 0.25) is 0 Å². The van der Waals surface area contributed by atoms with Crippen LogP contribution in [0.5, 0.6) is 5.75 Å². The van der Waals surface area contributed by atoms with E-state index in [1.54, 1.807) is 25.1 Å². The van der Waals surface area contributed by atoms with Crippen LogP contribution in [0.15, 0.2) is 71.6 Å². The summed E-state index contributed by atoms with van der Waals surface area (Å²) in [6.07, 6.45) is 3.69. The number of hydrogen-bond acceptors (Lipinski definition) is 4. The summed E-state index contributed by atoms with van der Waals surface area (Å²) >= 11 is 0. The van der Waals surface area contributed by atoms with Gasteiger partial charge in [-0.05, 0) is 79.1 Å². The normalized spacial score (nSPS) is 17.1. The highest BCUT2D eigenvalue weighted by molar-refractivity contribution is 7.92. The molecule has 0 aromatic heterocycles. The number of carbonyl (C=O) groups excluding carboxylic acids is 1. The van der Waals surface area contributed by atoms with E-state index in [-0.39, 0.29) is 23.5 Å². The number of aryl methyl sites for hydroxylation is 2. The maximum absolute atomic E-state index is 13.3. The first-order valence-electron chi connectivity index (χ1n) is 11.6. The van der Waals surface area contributed by atoms with Crippen LogP contribution in [0.4, 0.5) is 5.69 Å². The van der Waals surface area contributed by atoms with Gasteiger partial charge in [0.25, 0.3) is 15.9 Å². The molecule has 6 nitrogen and oxygen atoms in total. The van der Waals surface area contributed by atoms with Crippen molar-refractivity contribution >= 4 is 21.6 Å². The van der Waals surface area contributed by atoms with Gasteiger partial charge in [-0.3, -0.25) is 9.10 Å². The third-order valence-electron chi connectivity index (χ3n) is 6.64. The van der Waals surface area contributed by atoms with E-state index in [0.29, 0.717) is 24.3 Å². The van der Waals surface area contributed by atoms with E-state index in [4.69, 9.17) is 4.74 Å². The number of anilines is 1. The first kappa shape index (κ1) is 22.5. The van der Waals surface area contributed by atoms with Crippen LogP contribution in [0.25, 0.3) is 0 Å². The minimum Gasteiger partial charge on any atom is -0.484 e. The van der Waals surface area contributed by atoms with Crippen LogP contribution >= 0.6 is 0 Å². The molecule has 0 saturated heterocycles. The molecule has 1 aliphatic heterocycles. The number of ether oxygens (including phenoxy) is 1. The number of rotatable bonds is 6.